The Labute approximate surface area is 110 Å². The molecule has 1 aromatic rings. The van der Waals surface area contributed by atoms with Crippen LogP contribution in [0.25, 0.3) is 0 Å². The van der Waals surface area contributed by atoms with Gasteiger partial charge in [0.1, 0.15) is 4.60 Å². The minimum absolute atomic E-state index is 0.0421. The van der Waals surface area contributed by atoms with Crippen molar-refractivity contribution < 1.29 is 4.79 Å². The third-order valence-electron chi connectivity index (χ3n) is 3.03. The van der Waals surface area contributed by atoms with Crippen molar-refractivity contribution in [2.45, 2.75) is 6.42 Å². The molecule has 0 saturated carbocycles. The van der Waals surface area contributed by atoms with Gasteiger partial charge < -0.3 is 10.2 Å². The van der Waals surface area contributed by atoms with Crippen molar-refractivity contribution in [3.05, 3.63) is 28.5 Å². The number of nitrogens with zero attached hydrogens (tertiary/aromatic N) is 2. The number of amides is 1. The predicted molar refractivity (Wildman–Crippen MR) is 69.9 cm³/mol. The molecular formula is C12H16BrN3O. The molecule has 1 saturated heterocycles. The molecule has 4 nitrogen and oxygen atoms in total. The van der Waals surface area contributed by atoms with Gasteiger partial charge in [0, 0.05) is 19.3 Å². The first kappa shape index (κ1) is 12.5. The van der Waals surface area contributed by atoms with E-state index in [0.717, 1.165) is 30.7 Å². The van der Waals surface area contributed by atoms with Crippen molar-refractivity contribution >= 4 is 21.8 Å². The number of hydrogen-bond acceptors (Lipinski definition) is 3. The van der Waals surface area contributed by atoms with Crippen LogP contribution in [0.4, 0.5) is 0 Å². The summed E-state index contributed by atoms with van der Waals surface area (Å²) in [5.41, 5.74) is 0.611. The van der Waals surface area contributed by atoms with Gasteiger partial charge >= 0.3 is 0 Å². The van der Waals surface area contributed by atoms with Crippen LogP contribution >= 0.6 is 15.9 Å². The Morgan fingerprint density at radius 3 is 3.06 bits per heavy atom. The fourth-order valence-electron chi connectivity index (χ4n) is 2.04. The quantitative estimate of drug-likeness (QED) is 0.861. The number of hydrogen-bond donors (Lipinski definition) is 1. The van der Waals surface area contributed by atoms with Gasteiger partial charge in [-0.25, -0.2) is 4.98 Å². The number of aromatic nitrogens is 1. The van der Waals surface area contributed by atoms with Crippen molar-refractivity contribution in [1.82, 2.24) is 15.2 Å². The first-order valence-electron chi connectivity index (χ1n) is 5.73. The Morgan fingerprint density at radius 2 is 2.47 bits per heavy atom. The van der Waals surface area contributed by atoms with E-state index in [1.807, 2.05) is 0 Å². The molecule has 1 atom stereocenters. The van der Waals surface area contributed by atoms with Gasteiger partial charge in [-0.3, -0.25) is 4.79 Å². The number of halogens is 1. The van der Waals surface area contributed by atoms with Crippen LogP contribution in [0.15, 0.2) is 22.9 Å². The lowest BCUT2D eigenvalue weighted by Gasteiger charge is -2.11. The average Bonchev–Trinajstić information content (AvgIpc) is 2.73. The molecule has 1 N–H and O–H groups in total. The van der Waals surface area contributed by atoms with E-state index in [2.05, 4.69) is 38.2 Å². The van der Waals surface area contributed by atoms with Gasteiger partial charge in [0.25, 0.3) is 5.91 Å². The highest BCUT2D eigenvalue weighted by molar-refractivity contribution is 9.10. The van der Waals surface area contributed by atoms with Crippen molar-refractivity contribution in [1.29, 1.82) is 0 Å². The normalized spacial score (nSPS) is 20.5. The minimum Gasteiger partial charge on any atom is -0.352 e. The Balaban J connectivity index is 1.83. The Hall–Kier alpha value is -0.940. The molecule has 1 aromatic heterocycles. The van der Waals surface area contributed by atoms with E-state index < -0.39 is 0 Å². The van der Waals surface area contributed by atoms with E-state index in [1.54, 1.807) is 18.3 Å². The highest BCUT2D eigenvalue weighted by Gasteiger charge is 2.19. The zero-order valence-electron chi connectivity index (χ0n) is 9.82. The van der Waals surface area contributed by atoms with Crippen LogP contribution in [0, 0.1) is 5.92 Å². The zero-order chi connectivity index (χ0) is 12.3. The van der Waals surface area contributed by atoms with E-state index in [4.69, 9.17) is 0 Å². The first-order chi connectivity index (χ1) is 8.15. The molecule has 1 fully saturated rings. The maximum Gasteiger partial charge on any atom is 0.252 e. The topological polar surface area (TPSA) is 45.2 Å². The molecule has 1 aliphatic rings. The molecule has 1 aliphatic heterocycles. The second-order valence-electron chi connectivity index (χ2n) is 4.50. The molecule has 0 aromatic carbocycles. The molecule has 0 aliphatic carbocycles. The summed E-state index contributed by atoms with van der Waals surface area (Å²) in [7, 11) is 2.11. The van der Waals surface area contributed by atoms with E-state index in [-0.39, 0.29) is 5.91 Å². The van der Waals surface area contributed by atoms with E-state index in [0.29, 0.717) is 11.5 Å². The number of carbonyl (C=O) groups excluding carboxylic acids is 1. The van der Waals surface area contributed by atoms with Crippen molar-refractivity contribution in [3.63, 3.8) is 0 Å². The highest BCUT2D eigenvalue weighted by atomic mass is 79.9. The standard InChI is InChI=1S/C12H16BrN3O/c1-16-5-4-9(8-16)6-15-12(17)10-2-3-11(13)14-7-10/h2-3,7,9H,4-6,8H2,1H3,(H,15,17). The predicted octanol–water partition coefficient (Wildman–Crippen LogP) is 1.53. The summed E-state index contributed by atoms with van der Waals surface area (Å²) >= 11 is 3.25. The molecule has 0 bridgehead atoms. The van der Waals surface area contributed by atoms with Crippen molar-refractivity contribution in [2.75, 3.05) is 26.7 Å². The van der Waals surface area contributed by atoms with Gasteiger partial charge in [-0.2, -0.15) is 0 Å². The van der Waals surface area contributed by atoms with Crippen LogP contribution in [0.5, 0.6) is 0 Å². The third-order valence-corrected chi connectivity index (χ3v) is 3.50. The molecule has 1 amide bonds. The van der Waals surface area contributed by atoms with Crippen LogP contribution in [0.2, 0.25) is 0 Å². The van der Waals surface area contributed by atoms with E-state index in [9.17, 15) is 4.79 Å². The minimum atomic E-state index is -0.0421. The smallest absolute Gasteiger partial charge is 0.252 e. The molecular weight excluding hydrogens is 282 g/mol. The van der Waals surface area contributed by atoms with Gasteiger partial charge in [0.2, 0.25) is 0 Å². The fraction of sp³-hybridized carbons (Fsp3) is 0.500. The summed E-state index contributed by atoms with van der Waals surface area (Å²) in [6.07, 6.45) is 2.75. The SMILES string of the molecule is CN1CCC(CNC(=O)c2ccc(Br)nc2)C1. The second kappa shape index (κ2) is 5.60. The number of nitrogens with one attached hydrogen (secondary N) is 1. The Morgan fingerprint density at radius 1 is 1.65 bits per heavy atom. The summed E-state index contributed by atoms with van der Waals surface area (Å²) in [6, 6.07) is 3.55. The average molecular weight is 298 g/mol. The van der Waals surface area contributed by atoms with Crippen LogP contribution in [0.3, 0.4) is 0 Å². The fourth-order valence-corrected chi connectivity index (χ4v) is 2.28. The summed E-state index contributed by atoms with van der Waals surface area (Å²) in [4.78, 5) is 18.1. The number of pyridine rings is 1. The lowest BCUT2D eigenvalue weighted by molar-refractivity contribution is 0.0947. The monoisotopic (exact) mass is 297 g/mol. The van der Waals surface area contributed by atoms with Crippen LogP contribution in [-0.2, 0) is 0 Å². The summed E-state index contributed by atoms with van der Waals surface area (Å²) in [5.74, 6) is 0.534. The van der Waals surface area contributed by atoms with Crippen molar-refractivity contribution in [2.24, 2.45) is 5.92 Å². The maximum absolute atomic E-state index is 11.8. The maximum atomic E-state index is 11.8. The molecule has 0 radical (unpaired) electrons. The Bertz CT molecular complexity index is 393. The lowest BCUT2D eigenvalue weighted by atomic mass is 10.1. The number of rotatable bonds is 3. The van der Waals surface area contributed by atoms with Crippen LogP contribution < -0.4 is 5.32 Å². The highest BCUT2D eigenvalue weighted by Crippen LogP contribution is 2.13. The van der Waals surface area contributed by atoms with Gasteiger partial charge in [-0.15, -0.1) is 0 Å². The van der Waals surface area contributed by atoms with Crippen LogP contribution in [0.1, 0.15) is 16.8 Å². The Kier molecular flexibility index (Phi) is 4.12. The number of likely N-dealkylation sites (tertiary alicyclic amines) is 1. The largest absolute Gasteiger partial charge is 0.352 e. The molecule has 2 heterocycles. The summed E-state index contributed by atoms with van der Waals surface area (Å²) in [5, 5.41) is 2.96. The molecule has 92 valence electrons. The summed E-state index contributed by atoms with van der Waals surface area (Å²) in [6.45, 7) is 2.94. The van der Waals surface area contributed by atoms with Crippen molar-refractivity contribution in [3.8, 4) is 0 Å². The number of carbonyl (C=O) groups is 1. The molecule has 17 heavy (non-hydrogen) atoms. The summed E-state index contributed by atoms with van der Waals surface area (Å²) < 4.78 is 0.742. The molecule has 1 unspecified atom stereocenters. The van der Waals surface area contributed by atoms with Gasteiger partial charge in [0.15, 0.2) is 0 Å². The van der Waals surface area contributed by atoms with Gasteiger partial charge in [-0.05, 0) is 54.0 Å². The van der Waals surface area contributed by atoms with E-state index >= 15 is 0 Å². The lowest BCUT2D eigenvalue weighted by Crippen LogP contribution is -2.30. The first-order valence-corrected chi connectivity index (χ1v) is 6.53. The van der Waals surface area contributed by atoms with Crippen LogP contribution in [-0.4, -0.2) is 42.5 Å². The molecule has 2 rings (SSSR count). The zero-order valence-corrected chi connectivity index (χ0v) is 11.4. The molecule has 5 heteroatoms. The van der Waals surface area contributed by atoms with E-state index in [1.165, 1.54) is 0 Å². The second-order valence-corrected chi connectivity index (χ2v) is 5.31. The van der Waals surface area contributed by atoms with Gasteiger partial charge in [0.05, 0.1) is 5.56 Å². The molecule has 0 spiro atoms. The van der Waals surface area contributed by atoms with Gasteiger partial charge in [-0.1, -0.05) is 0 Å². The third kappa shape index (κ3) is 3.51.